The van der Waals surface area contributed by atoms with Crippen molar-refractivity contribution in [3.8, 4) is 5.75 Å². The molecular weight excluding hydrogens is 322 g/mol. The maximum absolute atomic E-state index is 11.9. The molecule has 3 rings (SSSR count). The Morgan fingerprint density at radius 1 is 1.21 bits per heavy atom. The molecule has 1 aromatic heterocycles. The van der Waals surface area contributed by atoms with E-state index in [1.54, 1.807) is 0 Å². The van der Waals surface area contributed by atoms with Gasteiger partial charge in [-0.05, 0) is 30.7 Å². The number of aryl methyl sites for hydroxylation is 2. The van der Waals surface area contributed by atoms with Gasteiger partial charge in [-0.1, -0.05) is 41.7 Å². The fourth-order valence-electron chi connectivity index (χ4n) is 2.33. The van der Waals surface area contributed by atoms with E-state index in [1.807, 2.05) is 67.1 Å². The van der Waals surface area contributed by atoms with Gasteiger partial charge in [0.05, 0.1) is 23.2 Å². The second kappa shape index (κ2) is 7.31. The quantitative estimate of drug-likeness (QED) is 0.726. The SMILES string of the molecule is Cc1ccccc1OCCC(=O)N/N=c1\sc2ccccc2n1C. The van der Waals surface area contributed by atoms with Gasteiger partial charge < -0.3 is 9.30 Å². The monoisotopic (exact) mass is 341 g/mol. The molecule has 2 aromatic carbocycles. The summed E-state index contributed by atoms with van der Waals surface area (Å²) in [7, 11) is 1.94. The number of benzene rings is 2. The molecule has 1 amide bonds. The molecule has 5 nitrogen and oxygen atoms in total. The van der Waals surface area contributed by atoms with Crippen LogP contribution in [0.5, 0.6) is 5.75 Å². The predicted molar refractivity (Wildman–Crippen MR) is 95.8 cm³/mol. The van der Waals surface area contributed by atoms with Crippen LogP contribution in [0.1, 0.15) is 12.0 Å². The summed E-state index contributed by atoms with van der Waals surface area (Å²) < 4.78 is 8.72. The zero-order valence-electron chi connectivity index (χ0n) is 13.7. The Morgan fingerprint density at radius 3 is 2.75 bits per heavy atom. The number of carbonyl (C=O) groups is 1. The Morgan fingerprint density at radius 2 is 1.96 bits per heavy atom. The summed E-state index contributed by atoms with van der Waals surface area (Å²) in [6.45, 7) is 2.30. The van der Waals surface area contributed by atoms with Gasteiger partial charge in [0, 0.05) is 7.05 Å². The maximum Gasteiger partial charge on any atom is 0.243 e. The second-order valence-corrected chi connectivity index (χ2v) is 6.43. The van der Waals surface area contributed by atoms with Crippen LogP contribution in [0.2, 0.25) is 0 Å². The van der Waals surface area contributed by atoms with Gasteiger partial charge in [-0.25, -0.2) is 5.43 Å². The Bertz CT molecular complexity index is 927. The highest BCUT2D eigenvalue weighted by molar-refractivity contribution is 7.16. The number of carbonyl (C=O) groups excluding carboxylic acids is 1. The number of thiazole rings is 1. The first kappa shape index (κ1) is 16.3. The number of nitrogens with zero attached hydrogens (tertiary/aromatic N) is 2. The largest absolute Gasteiger partial charge is 0.493 e. The van der Waals surface area contributed by atoms with Crippen LogP contribution in [0.3, 0.4) is 0 Å². The van der Waals surface area contributed by atoms with Crippen LogP contribution < -0.4 is 15.0 Å². The Hall–Kier alpha value is -2.60. The van der Waals surface area contributed by atoms with Gasteiger partial charge in [0.2, 0.25) is 10.7 Å². The lowest BCUT2D eigenvalue weighted by atomic mass is 10.2. The van der Waals surface area contributed by atoms with Crippen molar-refractivity contribution >= 4 is 27.5 Å². The van der Waals surface area contributed by atoms with Crippen LogP contribution in [-0.4, -0.2) is 17.1 Å². The lowest BCUT2D eigenvalue weighted by Crippen LogP contribution is -2.24. The molecule has 0 aliphatic heterocycles. The molecule has 124 valence electrons. The average Bonchev–Trinajstić information content (AvgIpc) is 2.91. The van der Waals surface area contributed by atoms with E-state index in [0.29, 0.717) is 6.61 Å². The molecule has 0 saturated heterocycles. The van der Waals surface area contributed by atoms with E-state index >= 15 is 0 Å². The summed E-state index contributed by atoms with van der Waals surface area (Å²) in [6, 6.07) is 15.8. The summed E-state index contributed by atoms with van der Waals surface area (Å²) in [5.41, 5.74) is 4.75. The van der Waals surface area contributed by atoms with Gasteiger partial charge in [0.25, 0.3) is 0 Å². The molecule has 3 aromatic rings. The summed E-state index contributed by atoms with van der Waals surface area (Å²) in [6.07, 6.45) is 0.256. The average molecular weight is 341 g/mol. The minimum Gasteiger partial charge on any atom is -0.493 e. The number of para-hydroxylation sites is 2. The van der Waals surface area contributed by atoms with Crippen molar-refractivity contribution in [3.63, 3.8) is 0 Å². The molecule has 0 saturated carbocycles. The van der Waals surface area contributed by atoms with Gasteiger partial charge in [-0.3, -0.25) is 4.79 Å². The number of fused-ring (bicyclic) bond motifs is 1. The van der Waals surface area contributed by atoms with Crippen molar-refractivity contribution in [2.24, 2.45) is 12.1 Å². The van der Waals surface area contributed by atoms with Crippen molar-refractivity contribution < 1.29 is 9.53 Å². The van der Waals surface area contributed by atoms with Crippen LogP contribution in [0, 0.1) is 6.92 Å². The zero-order valence-corrected chi connectivity index (χ0v) is 14.5. The van der Waals surface area contributed by atoms with Crippen molar-refractivity contribution in [1.82, 2.24) is 9.99 Å². The summed E-state index contributed by atoms with van der Waals surface area (Å²) in [5, 5.41) is 4.21. The van der Waals surface area contributed by atoms with Crippen molar-refractivity contribution in [3.05, 3.63) is 58.9 Å². The molecule has 1 heterocycles. The molecule has 0 bridgehead atoms. The number of nitrogens with one attached hydrogen (secondary N) is 1. The van der Waals surface area contributed by atoms with Crippen LogP contribution >= 0.6 is 11.3 Å². The normalized spacial score (nSPS) is 11.7. The Labute approximate surface area is 144 Å². The van der Waals surface area contributed by atoms with E-state index in [4.69, 9.17) is 4.74 Å². The number of hydrogen-bond donors (Lipinski definition) is 1. The fourth-order valence-corrected chi connectivity index (χ4v) is 3.31. The highest BCUT2D eigenvalue weighted by Gasteiger charge is 2.04. The van der Waals surface area contributed by atoms with E-state index < -0.39 is 0 Å². The zero-order chi connectivity index (χ0) is 16.9. The lowest BCUT2D eigenvalue weighted by Gasteiger charge is -2.07. The molecule has 1 N–H and O–H groups in total. The highest BCUT2D eigenvalue weighted by Crippen LogP contribution is 2.16. The van der Waals surface area contributed by atoms with Gasteiger partial charge in [0.1, 0.15) is 5.75 Å². The van der Waals surface area contributed by atoms with E-state index in [-0.39, 0.29) is 12.3 Å². The number of ether oxygens (including phenoxy) is 1. The third kappa shape index (κ3) is 3.65. The first-order valence-corrected chi connectivity index (χ1v) is 8.52. The molecular formula is C18H19N3O2S. The molecule has 0 aliphatic rings. The number of rotatable bonds is 5. The first-order chi connectivity index (χ1) is 11.6. The van der Waals surface area contributed by atoms with Gasteiger partial charge in [-0.2, -0.15) is 0 Å². The summed E-state index contributed by atoms with van der Waals surface area (Å²) in [4.78, 5) is 12.7. The number of aromatic nitrogens is 1. The van der Waals surface area contributed by atoms with Crippen LogP contribution in [-0.2, 0) is 11.8 Å². The predicted octanol–water partition coefficient (Wildman–Crippen LogP) is 2.95. The summed E-state index contributed by atoms with van der Waals surface area (Å²) in [5.74, 6) is 0.638. The molecule has 0 unspecified atom stereocenters. The third-order valence-electron chi connectivity index (χ3n) is 3.67. The topological polar surface area (TPSA) is 55.6 Å². The van der Waals surface area contributed by atoms with Crippen LogP contribution in [0.15, 0.2) is 53.6 Å². The Kier molecular flexibility index (Phi) is 4.96. The van der Waals surface area contributed by atoms with E-state index in [1.165, 1.54) is 11.3 Å². The minimum atomic E-state index is -0.166. The molecule has 0 fully saturated rings. The molecule has 24 heavy (non-hydrogen) atoms. The van der Waals surface area contributed by atoms with E-state index in [2.05, 4.69) is 10.5 Å². The highest BCUT2D eigenvalue weighted by atomic mass is 32.1. The van der Waals surface area contributed by atoms with Gasteiger partial charge in [0.15, 0.2) is 0 Å². The first-order valence-electron chi connectivity index (χ1n) is 7.71. The van der Waals surface area contributed by atoms with Crippen molar-refractivity contribution in [2.75, 3.05) is 6.61 Å². The van der Waals surface area contributed by atoms with Gasteiger partial charge >= 0.3 is 0 Å². The third-order valence-corrected chi connectivity index (χ3v) is 4.78. The maximum atomic E-state index is 11.9. The Balaban J connectivity index is 1.58. The van der Waals surface area contributed by atoms with E-state index in [9.17, 15) is 4.79 Å². The fraction of sp³-hybridized carbons (Fsp3) is 0.222. The standard InChI is InChI=1S/C18H19N3O2S/c1-13-7-3-5-9-15(13)23-12-11-17(22)19-20-18-21(2)14-8-4-6-10-16(14)24-18/h3-10H,11-12H2,1-2H3,(H,19,22)/b20-18-. The van der Waals surface area contributed by atoms with E-state index in [0.717, 1.165) is 26.3 Å². The molecule has 0 atom stereocenters. The molecule has 6 heteroatoms. The number of amides is 1. The van der Waals surface area contributed by atoms with Crippen LogP contribution in [0.25, 0.3) is 10.2 Å². The minimum absolute atomic E-state index is 0.166. The lowest BCUT2D eigenvalue weighted by molar-refractivity contribution is -0.121. The second-order valence-electron chi connectivity index (χ2n) is 5.42. The smallest absolute Gasteiger partial charge is 0.243 e. The molecule has 0 radical (unpaired) electrons. The molecule has 0 aliphatic carbocycles. The van der Waals surface area contributed by atoms with Crippen molar-refractivity contribution in [1.29, 1.82) is 0 Å². The van der Waals surface area contributed by atoms with Crippen molar-refractivity contribution in [2.45, 2.75) is 13.3 Å². The molecule has 0 spiro atoms. The summed E-state index contributed by atoms with van der Waals surface area (Å²) >= 11 is 1.54. The number of hydrogen-bond acceptors (Lipinski definition) is 4. The van der Waals surface area contributed by atoms with Crippen LogP contribution in [0.4, 0.5) is 0 Å². The van der Waals surface area contributed by atoms with Gasteiger partial charge in [-0.15, -0.1) is 5.10 Å².